The molecule has 0 amide bonds. The van der Waals surface area contributed by atoms with Crippen LogP contribution in [-0.2, 0) is 0 Å². The van der Waals surface area contributed by atoms with Gasteiger partial charge in [0.15, 0.2) is 5.82 Å². The minimum atomic E-state index is 0.538. The molecule has 2 aromatic heterocycles. The summed E-state index contributed by atoms with van der Waals surface area (Å²) >= 11 is 0. The van der Waals surface area contributed by atoms with Crippen molar-refractivity contribution in [2.24, 2.45) is 11.7 Å². The zero-order valence-electron chi connectivity index (χ0n) is 10.7. The Kier molecular flexibility index (Phi) is 3.37. The molecule has 1 atom stereocenters. The summed E-state index contributed by atoms with van der Waals surface area (Å²) in [5.74, 6) is 1.97. The number of aromatic nitrogens is 5. The fourth-order valence-corrected chi connectivity index (χ4v) is 2.38. The van der Waals surface area contributed by atoms with Crippen LogP contribution >= 0.6 is 0 Å². The predicted octanol–water partition coefficient (Wildman–Crippen LogP) is 0.437. The van der Waals surface area contributed by atoms with E-state index in [1.165, 1.54) is 12.7 Å². The maximum atomic E-state index is 5.75. The summed E-state index contributed by atoms with van der Waals surface area (Å²) in [7, 11) is 0. The summed E-state index contributed by atoms with van der Waals surface area (Å²) in [5.41, 5.74) is 6.59. The first kappa shape index (κ1) is 12.0. The first-order valence-electron chi connectivity index (χ1n) is 6.49. The number of anilines is 1. The van der Waals surface area contributed by atoms with Crippen LogP contribution in [0.2, 0.25) is 0 Å². The van der Waals surface area contributed by atoms with Crippen molar-refractivity contribution in [3.05, 3.63) is 18.7 Å². The molecule has 0 saturated carbocycles. The lowest BCUT2D eigenvalue weighted by Gasteiger charge is -2.31. The van der Waals surface area contributed by atoms with Gasteiger partial charge in [0.1, 0.15) is 6.33 Å². The van der Waals surface area contributed by atoms with E-state index in [1.807, 2.05) is 0 Å². The van der Waals surface area contributed by atoms with Crippen molar-refractivity contribution in [3.8, 4) is 11.4 Å². The van der Waals surface area contributed by atoms with E-state index >= 15 is 0 Å². The molecule has 1 saturated heterocycles. The lowest BCUT2D eigenvalue weighted by molar-refractivity contribution is 0.420. The lowest BCUT2D eigenvalue weighted by Crippen LogP contribution is -2.38. The molecule has 1 aliphatic rings. The molecule has 1 aliphatic heterocycles. The van der Waals surface area contributed by atoms with Gasteiger partial charge in [-0.1, -0.05) is 0 Å². The second-order valence-corrected chi connectivity index (χ2v) is 4.80. The van der Waals surface area contributed by atoms with Crippen molar-refractivity contribution in [2.45, 2.75) is 12.8 Å². The van der Waals surface area contributed by atoms with Gasteiger partial charge in [0.2, 0.25) is 5.95 Å². The van der Waals surface area contributed by atoms with E-state index in [1.54, 1.807) is 12.4 Å². The van der Waals surface area contributed by atoms with E-state index in [-0.39, 0.29) is 0 Å². The molecule has 100 valence electrons. The molecular weight excluding hydrogens is 242 g/mol. The van der Waals surface area contributed by atoms with E-state index in [2.05, 4.69) is 30.0 Å². The van der Waals surface area contributed by atoms with E-state index in [0.717, 1.165) is 37.6 Å². The van der Waals surface area contributed by atoms with Crippen molar-refractivity contribution in [1.29, 1.82) is 0 Å². The molecular formula is C12H17N7. The third kappa shape index (κ3) is 2.55. The van der Waals surface area contributed by atoms with E-state index in [4.69, 9.17) is 5.73 Å². The molecule has 0 spiro atoms. The molecule has 0 radical (unpaired) electrons. The van der Waals surface area contributed by atoms with E-state index < -0.39 is 0 Å². The number of hydrogen-bond acceptors (Lipinski definition) is 6. The van der Waals surface area contributed by atoms with Crippen LogP contribution < -0.4 is 10.6 Å². The molecule has 0 aliphatic carbocycles. The maximum absolute atomic E-state index is 5.75. The standard InChI is InChI=1S/C12H17N7/c13-4-9-2-1-3-19(7-9)12-16-11(17-18-12)10-5-14-8-15-6-10/h5-6,8-9H,1-4,7,13H2,(H,16,17,18). The summed E-state index contributed by atoms with van der Waals surface area (Å²) in [5, 5.41) is 7.22. The van der Waals surface area contributed by atoms with Crippen LogP contribution in [0.4, 0.5) is 5.95 Å². The smallest absolute Gasteiger partial charge is 0.245 e. The number of nitrogens with one attached hydrogen (secondary N) is 1. The van der Waals surface area contributed by atoms with Crippen LogP contribution in [-0.4, -0.2) is 44.8 Å². The Hall–Kier alpha value is -2.02. The quantitative estimate of drug-likeness (QED) is 0.830. The Morgan fingerprint density at radius 3 is 3.00 bits per heavy atom. The molecule has 3 heterocycles. The van der Waals surface area contributed by atoms with Crippen LogP contribution in [0.15, 0.2) is 18.7 Å². The molecule has 0 aromatic carbocycles. The Morgan fingerprint density at radius 2 is 2.21 bits per heavy atom. The molecule has 3 N–H and O–H groups in total. The van der Waals surface area contributed by atoms with Crippen molar-refractivity contribution >= 4 is 5.95 Å². The summed E-state index contributed by atoms with van der Waals surface area (Å²) < 4.78 is 0. The maximum Gasteiger partial charge on any atom is 0.245 e. The van der Waals surface area contributed by atoms with Crippen molar-refractivity contribution in [3.63, 3.8) is 0 Å². The number of hydrogen-bond donors (Lipinski definition) is 2. The van der Waals surface area contributed by atoms with Gasteiger partial charge in [0, 0.05) is 25.5 Å². The fraction of sp³-hybridized carbons (Fsp3) is 0.500. The number of nitrogens with zero attached hydrogens (tertiary/aromatic N) is 5. The average molecular weight is 259 g/mol. The fourth-order valence-electron chi connectivity index (χ4n) is 2.38. The SMILES string of the molecule is NCC1CCCN(c2n[nH]c(-c3cncnc3)n2)C1. The van der Waals surface area contributed by atoms with Gasteiger partial charge in [-0.05, 0) is 25.3 Å². The Balaban J connectivity index is 1.78. The largest absolute Gasteiger partial charge is 0.339 e. The minimum Gasteiger partial charge on any atom is -0.339 e. The second-order valence-electron chi connectivity index (χ2n) is 4.80. The third-order valence-corrected chi connectivity index (χ3v) is 3.44. The number of nitrogens with two attached hydrogens (primary N) is 1. The number of H-pyrrole nitrogens is 1. The zero-order valence-corrected chi connectivity index (χ0v) is 10.7. The summed E-state index contributed by atoms with van der Waals surface area (Å²) in [6.07, 6.45) is 7.26. The zero-order chi connectivity index (χ0) is 13.1. The minimum absolute atomic E-state index is 0.538. The summed E-state index contributed by atoms with van der Waals surface area (Å²) in [4.78, 5) is 14.7. The molecule has 0 bridgehead atoms. The monoisotopic (exact) mass is 259 g/mol. The van der Waals surface area contributed by atoms with Gasteiger partial charge < -0.3 is 10.6 Å². The van der Waals surface area contributed by atoms with Gasteiger partial charge in [-0.15, -0.1) is 5.10 Å². The predicted molar refractivity (Wildman–Crippen MR) is 71.4 cm³/mol. The highest BCUT2D eigenvalue weighted by Crippen LogP contribution is 2.21. The molecule has 7 heteroatoms. The number of aromatic amines is 1. The highest BCUT2D eigenvalue weighted by molar-refractivity contribution is 5.53. The van der Waals surface area contributed by atoms with Gasteiger partial charge in [-0.3, -0.25) is 5.10 Å². The Morgan fingerprint density at radius 1 is 1.37 bits per heavy atom. The van der Waals surface area contributed by atoms with Crippen molar-refractivity contribution < 1.29 is 0 Å². The molecule has 1 unspecified atom stereocenters. The van der Waals surface area contributed by atoms with Crippen molar-refractivity contribution in [1.82, 2.24) is 25.1 Å². The van der Waals surface area contributed by atoms with Crippen LogP contribution in [0.25, 0.3) is 11.4 Å². The molecule has 19 heavy (non-hydrogen) atoms. The summed E-state index contributed by atoms with van der Waals surface area (Å²) in [6.45, 7) is 2.64. The lowest BCUT2D eigenvalue weighted by atomic mass is 9.99. The highest BCUT2D eigenvalue weighted by atomic mass is 15.4. The van der Waals surface area contributed by atoms with E-state index in [0.29, 0.717) is 11.7 Å². The van der Waals surface area contributed by atoms with Gasteiger partial charge in [0.25, 0.3) is 0 Å². The average Bonchev–Trinajstić information content (AvgIpc) is 2.98. The first-order chi connectivity index (χ1) is 9.36. The van der Waals surface area contributed by atoms with Crippen LogP contribution in [0, 0.1) is 5.92 Å². The Labute approximate surface area is 111 Å². The molecule has 2 aromatic rings. The highest BCUT2D eigenvalue weighted by Gasteiger charge is 2.21. The van der Waals surface area contributed by atoms with Gasteiger partial charge in [-0.25, -0.2) is 9.97 Å². The van der Waals surface area contributed by atoms with E-state index in [9.17, 15) is 0 Å². The molecule has 1 fully saturated rings. The normalized spacial score (nSPS) is 19.6. The molecule has 7 nitrogen and oxygen atoms in total. The number of rotatable bonds is 3. The van der Waals surface area contributed by atoms with Crippen molar-refractivity contribution in [2.75, 3.05) is 24.5 Å². The number of piperidine rings is 1. The topological polar surface area (TPSA) is 96.6 Å². The van der Waals surface area contributed by atoms with Gasteiger partial charge in [-0.2, -0.15) is 4.98 Å². The first-order valence-corrected chi connectivity index (χ1v) is 6.49. The van der Waals surface area contributed by atoms with Crippen LogP contribution in [0.1, 0.15) is 12.8 Å². The van der Waals surface area contributed by atoms with Crippen LogP contribution in [0.3, 0.4) is 0 Å². The third-order valence-electron chi connectivity index (χ3n) is 3.44. The Bertz CT molecular complexity index is 524. The second kappa shape index (κ2) is 5.31. The molecule has 3 rings (SSSR count). The van der Waals surface area contributed by atoms with Crippen LogP contribution in [0.5, 0.6) is 0 Å². The van der Waals surface area contributed by atoms with Gasteiger partial charge in [0.05, 0.1) is 5.56 Å². The van der Waals surface area contributed by atoms with Gasteiger partial charge >= 0.3 is 0 Å². The summed E-state index contributed by atoms with van der Waals surface area (Å²) in [6, 6.07) is 0.